The third-order valence-corrected chi connectivity index (χ3v) is 9.11. The predicted octanol–water partition coefficient (Wildman–Crippen LogP) is 5.66. The highest BCUT2D eigenvalue weighted by molar-refractivity contribution is 7.93. The molecule has 11 heteroatoms. The first-order chi connectivity index (χ1) is 19.0. The zero-order valence-corrected chi connectivity index (χ0v) is 24.6. The summed E-state index contributed by atoms with van der Waals surface area (Å²) in [6.45, 7) is 8.63. The molecule has 0 spiro atoms. The Balaban J connectivity index is 1.84. The number of amides is 3. The van der Waals surface area contributed by atoms with Crippen LogP contribution in [0.5, 0.6) is 11.5 Å². The van der Waals surface area contributed by atoms with Crippen LogP contribution >= 0.6 is 11.6 Å². The monoisotopic (exact) mass is 585 g/mol. The molecule has 0 aromatic heterocycles. The summed E-state index contributed by atoms with van der Waals surface area (Å²) in [4.78, 5) is 28.1. The van der Waals surface area contributed by atoms with Crippen molar-refractivity contribution in [3.05, 3.63) is 76.8 Å². The first-order valence-corrected chi connectivity index (χ1v) is 14.7. The number of anilines is 2. The molecule has 0 aliphatic carbocycles. The maximum Gasteiger partial charge on any atom is 0.321 e. The molecule has 1 aliphatic heterocycles. The van der Waals surface area contributed by atoms with Crippen molar-refractivity contribution in [2.45, 2.75) is 38.0 Å². The number of carbonyl (C=O) groups is 2. The minimum absolute atomic E-state index is 0.0241. The molecule has 0 saturated heterocycles. The van der Waals surface area contributed by atoms with Gasteiger partial charge in [0.05, 0.1) is 19.4 Å². The van der Waals surface area contributed by atoms with Gasteiger partial charge in [0.2, 0.25) is 0 Å². The molecule has 40 heavy (non-hydrogen) atoms. The fraction of sp³-hybridized carbons (Fsp3) is 0.310. The number of carbonyl (C=O) groups excluding carboxylic acids is 2. The summed E-state index contributed by atoms with van der Waals surface area (Å²) in [5.74, 6) is -0.216. The van der Waals surface area contributed by atoms with E-state index in [1.807, 2.05) is 20.8 Å². The SMILES string of the molecule is CCOc1ccc2c(c1)C(C)(c1ccccc1Cl)C(=O)N2S(=O)(=O)c1ccc(NC(=O)N(CC)CC)cc1OC. The third kappa shape index (κ3) is 4.86. The first kappa shape index (κ1) is 29.2. The smallest absolute Gasteiger partial charge is 0.321 e. The van der Waals surface area contributed by atoms with E-state index < -0.39 is 21.3 Å². The van der Waals surface area contributed by atoms with Crippen LogP contribution in [0.25, 0.3) is 0 Å². The van der Waals surface area contributed by atoms with Crippen molar-refractivity contribution in [3.8, 4) is 11.5 Å². The first-order valence-electron chi connectivity index (χ1n) is 12.9. The largest absolute Gasteiger partial charge is 0.495 e. The van der Waals surface area contributed by atoms with E-state index in [0.717, 1.165) is 4.31 Å². The maximum absolute atomic E-state index is 14.2. The molecule has 1 atom stereocenters. The van der Waals surface area contributed by atoms with Crippen LogP contribution in [0.3, 0.4) is 0 Å². The lowest BCUT2D eigenvalue weighted by molar-refractivity contribution is -0.120. The van der Waals surface area contributed by atoms with Crippen LogP contribution in [0, 0.1) is 0 Å². The van der Waals surface area contributed by atoms with Crippen LogP contribution in [0.1, 0.15) is 38.8 Å². The predicted molar refractivity (Wildman–Crippen MR) is 155 cm³/mol. The third-order valence-electron chi connectivity index (χ3n) is 7.05. The molecular weight excluding hydrogens is 554 g/mol. The normalized spacial score (nSPS) is 16.4. The van der Waals surface area contributed by atoms with Gasteiger partial charge in [-0.3, -0.25) is 4.79 Å². The minimum atomic E-state index is -4.48. The molecule has 3 aromatic rings. The van der Waals surface area contributed by atoms with E-state index in [9.17, 15) is 18.0 Å². The van der Waals surface area contributed by atoms with Gasteiger partial charge in [0.15, 0.2) is 0 Å². The Kier molecular flexibility index (Phi) is 8.32. The molecular formula is C29H32ClN3O6S. The van der Waals surface area contributed by atoms with Crippen molar-refractivity contribution in [2.75, 3.05) is 36.4 Å². The molecule has 0 saturated carbocycles. The average Bonchev–Trinajstić information content (AvgIpc) is 3.16. The number of urea groups is 1. The number of methoxy groups -OCH3 is 1. The number of rotatable bonds is 9. The Morgan fingerprint density at radius 2 is 1.73 bits per heavy atom. The van der Waals surface area contributed by atoms with E-state index in [2.05, 4.69) is 5.32 Å². The number of fused-ring (bicyclic) bond motifs is 1. The van der Waals surface area contributed by atoms with Gasteiger partial charge in [0, 0.05) is 35.4 Å². The van der Waals surface area contributed by atoms with Crippen molar-refractivity contribution in [2.24, 2.45) is 0 Å². The Labute approximate surface area is 239 Å². The van der Waals surface area contributed by atoms with Gasteiger partial charge in [-0.05, 0) is 69.7 Å². The van der Waals surface area contributed by atoms with E-state index in [-0.39, 0.29) is 22.4 Å². The van der Waals surface area contributed by atoms with Crippen molar-refractivity contribution in [3.63, 3.8) is 0 Å². The summed E-state index contributed by atoms with van der Waals surface area (Å²) in [5.41, 5.74) is 0.0384. The lowest BCUT2D eigenvalue weighted by atomic mass is 9.77. The Hall–Kier alpha value is -3.76. The van der Waals surface area contributed by atoms with Gasteiger partial charge in [-0.25, -0.2) is 17.5 Å². The van der Waals surface area contributed by atoms with Crippen LogP contribution in [0.15, 0.2) is 65.6 Å². The number of benzene rings is 3. The number of sulfonamides is 1. The number of nitrogens with one attached hydrogen (secondary N) is 1. The Morgan fingerprint density at radius 3 is 2.35 bits per heavy atom. The number of halogens is 1. The highest BCUT2D eigenvalue weighted by atomic mass is 35.5. The van der Waals surface area contributed by atoms with Crippen LogP contribution < -0.4 is 19.1 Å². The summed E-state index contributed by atoms with van der Waals surface area (Å²) in [6.07, 6.45) is 0. The van der Waals surface area contributed by atoms with Crippen LogP contribution in [-0.4, -0.2) is 52.1 Å². The van der Waals surface area contributed by atoms with Crippen LogP contribution in [0.2, 0.25) is 5.02 Å². The number of hydrogen-bond donors (Lipinski definition) is 1. The molecule has 0 fully saturated rings. The zero-order chi connectivity index (χ0) is 29.2. The van der Waals surface area contributed by atoms with Gasteiger partial charge >= 0.3 is 6.03 Å². The number of nitrogens with zero attached hydrogens (tertiary/aromatic N) is 2. The van der Waals surface area contributed by atoms with Crippen molar-refractivity contribution >= 4 is 44.9 Å². The van der Waals surface area contributed by atoms with Gasteiger partial charge in [-0.15, -0.1) is 0 Å². The lowest BCUT2D eigenvalue weighted by Gasteiger charge is -2.26. The maximum atomic E-state index is 14.2. The van der Waals surface area contributed by atoms with E-state index in [1.165, 1.54) is 25.3 Å². The molecule has 1 unspecified atom stereocenters. The summed E-state index contributed by atoms with van der Waals surface area (Å²) in [7, 11) is -3.15. The molecule has 1 N–H and O–H groups in total. The summed E-state index contributed by atoms with van der Waals surface area (Å²) in [5, 5.41) is 3.08. The van der Waals surface area contributed by atoms with Crippen LogP contribution in [-0.2, 0) is 20.2 Å². The van der Waals surface area contributed by atoms with E-state index in [1.54, 1.807) is 54.3 Å². The topological polar surface area (TPSA) is 105 Å². The molecule has 0 bridgehead atoms. The molecule has 212 valence electrons. The van der Waals surface area contributed by atoms with Crippen molar-refractivity contribution in [1.82, 2.24) is 4.90 Å². The van der Waals surface area contributed by atoms with Crippen LogP contribution in [0.4, 0.5) is 16.2 Å². The minimum Gasteiger partial charge on any atom is -0.495 e. The molecule has 1 aliphatic rings. The molecule has 3 aromatic carbocycles. The Bertz CT molecular complexity index is 1560. The van der Waals surface area contributed by atoms with Crippen molar-refractivity contribution in [1.29, 1.82) is 0 Å². The summed E-state index contributed by atoms with van der Waals surface area (Å²) < 4.78 is 40.3. The van der Waals surface area contributed by atoms with E-state index in [4.69, 9.17) is 21.1 Å². The van der Waals surface area contributed by atoms with E-state index in [0.29, 0.717) is 47.3 Å². The zero-order valence-electron chi connectivity index (χ0n) is 23.0. The van der Waals surface area contributed by atoms with Gasteiger partial charge in [0.1, 0.15) is 21.8 Å². The quantitative estimate of drug-likeness (QED) is 0.347. The lowest BCUT2D eigenvalue weighted by Crippen LogP contribution is -2.42. The average molecular weight is 586 g/mol. The van der Waals surface area contributed by atoms with Gasteiger partial charge in [-0.1, -0.05) is 29.8 Å². The van der Waals surface area contributed by atoms with Gasteiger partial charge in [-0.2, -0.15) is 0 Å². The highest BCUT2D eigenvalue weighted by Crippen LogP contribution is 2.51. The molecule has 3 amide bonds. The second-order valence-corrected chi connectivity index (χ2v) is 11.4. The standard InChI is InChI=1S/C29H32ClN3O6S/c1-6-32(7-2)28(35)31-19-13-16-26(25(17-19)38-5)40(36,37)33-24-15-14-20(39-8-3)18-22(24)29(4,27(33)34)21-11-9-10-12-23(21)30/h9-18H,6-8H2,1-5H3,(H,31,35). The highest BCUT2D eigenvalue weighted by Gasteiger charge is 2.54. The molecule has 1 heterocycles. The second kappa shape index (κ2) is 11.4. The van der Waals surface area contributed by atoms with Gasteiger partial charge in [0.25, 0.3) is 15.9 Å². The van der Waals surface area contributed by atoms with Gasteiger partial charge < -0.3 is 19.7 Å². The van der Waals surface area contributed by atoms with E-state index >= 15 is 0 Å². The molecule has 9 nitrogen and oxygen atoms in total. The van der Waals surface area contributed by atoms with Crippen molar-refractivity contribution < 1.29 is 27.5 Å². The molecule has 0 radical (unpaired) electrons. The fourth-order valence-corrected chi connectivity index (χ4v) is 6.89. The number of hydrogen-bond acceptors (Lipinski definition) is 6. The fourth-order valence-electron chi connectivity index (χ4n) is 4.91. The Morgan fingerprint density at radius 1 is 1.02 bits per heavy atom. The summed E-state index contributed by atoms with van der Waals surface area (Å²) in [6, 6.07) is 15.6. The number of ether oxygens (including phenoxy) is 2. The molecule has 4 rings (SSSR count). The summed E-state index contributed by atoms with van der Waals surface area (Å²) >= 11 is 6.55. The second-order valence-electron chi connectivity index (χ2n) is 9.26.